The van der Waals surface area contributed by atoms with Gasteiger partial charge in [0.2, 0.25) is 11.9 Å². The molecule has 0 aromatic heterocycles. The number of ether oxygens (including phenoxy) is 2. The van der Waals surface area contributed by atoms with Crippen LogP contribution in [0, 0.1) is 22.0 Å². The summed E-state index contributed by atoms with van der Waals surface area (Å²) in [6.45, 7) is 6.53. The first-order chi connectivity index (χ1) is 19.2. The molecule has 1 amide bonds. The van der Waals surface area contributed by atoms with Crippen LogP contribution in [0.15, 0.2) is 60.7 Å². The Bertz CT molecular complexity index is 1100. The number of hydrogen-bond acceptors (Lipinski definition) is 7. The molecule has 0 saturated carbocycles. The van der Waals surface area contributed by atoms with Crippen LogP contribution in [0.4, 0.5) is 0 Å². The fourth-order valence-electron chi connectivity index (χ4n) is 5.67. The molecule has 9 heteroatoms. The van der Waals surface area contributed by atoms with E-state index in [0.29, 0.717) is 32.4 Å². The number of amides is 1. The molecular weight excluding hydrogens is 510 g/mol. The van der Waals surface area contributed by atoms with Gasteiger partial charge in [0.15, 0.2) is 0 Å². The fourth-order valence-corrected chi connectivity index (χ4v) is 5.67. The molecule has 2 N–H and O–H groups in total. The predicted octanol–water partition coefficient (Wildman–Crippen LogP) is 4.83. The van der Waals surface area contributed by atoms with Crippen molar-refractivity contribution in [2.24, 2.45) is 11.8 Å². The topological polar surface area (TPSA) is 120 Å². The van der Waals surface area contributed by atoms with E-state index < -0.39 is 29.6 Å². The number of methoxy groups -OCH3 is 1. The van der Waals surface area contributed by atoms with Crippen LogP contribution in [0.2, 0.25) is 0 Å². The number of nitrogens with one attached hydrogen (secondary N) is 2. The van der Waals surface area contributed by atoms with Gasteiger partial charge < -0.3 is 14.8 Å². The minimum atomic E-state index is -1.25. The van der Waals surface area contributed by atoms with E-state index >= 15 is 0 Å². The summed E-state index contributed by atoms with van der Waals surface area (Å²) in [6, 6.07) is 17.3. The van der Waals surface area contributed by atoms with Gasteiger partial charge in [-0.2, -0.15) is 0 Å². The maximum Gasteiger partial charge on any atom is 0.305 e. The van der Waals surface area contributed by atoms with E-state index in [-0.39, 0.29) is 22.7 Å². The van der Waals surface area contributed by atoms with E-state index in [2.05, 4.69) is 15.4 Å². The van der Waals surface area contributed by atoms with Crippen LogP contribution in [0.1, 0.15) is 70.0 Å². The Morgan fingerprint density at radius 1 is 1.07 bits per heavy atom. The molecule has 0 bridgehead atoms. The summed E-state index contributed by atoms with van der Waals surface area (Å²) in [5.41, 5.74) is 0.478. The van der Waals surface area contributed by atoms with Crippen molar-refractivity contribution in [1.29, 1.82) is 0 Å². The van der Waals surface area contributed by atoms with Gasteiger partial charge >= 0.3 is 5.97 Å². The molecule has 0 spiro atoms. The smallest absolute Gasteiger partial charge is 0.305 e. The average Bonchev–Trinajstić information content (AvgIpc) is 3.29. The molecule has 1 aliphatic rings. The molecule has 9 nitrogen and oxygen atoms in total. The van der Waals surface area contributed by atoms with Crippen LogP contribution in [0.25, 0.3) is 0 Å². The maximum atomic E-state index is 13.9. The zero-order chi connectivity index (χ0) is 29.1. The third kappa shape index (κ3) is 7.67. The van der Waals surface area contributed by atoms with E-state index in [1.807, 2.05) is 74.5 Å². The number of hydrogen-bond donors (Lipinski definition) is 2. The second kappa shape index (κ2) is 14.9. The Labute approximate surface area is 237 Å². The van der Waals surface area contributed by atoms with Gasteiger partial charge in [-0.1, -0.05) is 87.4 Å². The molecule has 40 heavy (non-hydrogen) atoms. The highest BCUT2D eigenvalue weighted by Crippen LogP contribution is 2.45. The van der Waals surface area contributed by atoms with Crippen LogP contribution in [-0.2, 0) is 25.7 Å². The Morgan fingerprint density at radius 2 is 1.73 bits per heavy atom. The lowest BCUT2D eigenvalue weighted by Gasteiger charge is -2.37. The number of carbonyl (C=O) groups excluding carboxylic acids is 2. The van der Waals surface area contributed by atoms with Gasteiger partial charge in [-0.15, -0.1) is 0 Å². The molecule has 1 saturated heterocycles. The highest BCUT2D eigenvalue weighted by atomic mass is 16.6. The first kappa shape index (κ1) is 31.2. The number of esters is 1. The number of carbonyl (C=O) groups is 2. The third-order valence-corrected chi connectivity index (χ3v) is 8.12. The van der Waals surface area contributed by atoms with Crippen molar-refractivity contribution in [2.45, 2.75) is 83.2 Å². The van der Waals surface area contributed by atoms with Gasteiger partial charge in [-0.05, 0) is 36.8 Å². The minimum Gasteiger partial charge on any atom is -0.469 e. The Balaban J connectivity index is 1.89. The molecule has 218 valence electrons. The summed E-state index contributed by atoms with van der Waals surface area (Å²) < 4.78 is 11.2. The summed E-state index contributed by atoms with van der Waals surface area (Å²) in [7, 11) is 1.37. The molecule has 1 fully saturated rings. The average molecular weight is 554 g/mol. The van der Waals surface area contributed by atoms with Gasteiger partial charge in [0.05, 0.1) is 25.7 Å². The van der Waals surface area contributed by atoms with Gasteiger partial charge in [0.1, 0.15) is 11.6 Å². The molecule has 2 aromatic rings. The number of nitro groups is 1. The second-order valence-corrected chi connectivity index (χ2v) is 10.8. The first-order valence-electron chi connectivity index (χ1n) is 14.2. The summed E-state index contributed by atoms with van der Waals surface area (Å²) in [6.07, 6.45) is 2.65. The van der Waals surface area contributed by atoms with Crippen LogP contribution in [0.5, 0.6) is 0 Å². The lowest BCUT2D eigenvalue weighted by molar-refractivity contribution is -0.536. The largest absolute Gasteiger partial charge is 0.469 e. The molecule has 1 aliphatic heterocycles. The van der Waals surface area contributed by atoms with Crippen LogP contribution >= 0.6 is 0 Å². The normalized spacial score (nSPS) is 23.8. The molecule has 1 unspecified atom stereocenters. The van der Waals surface area contributed by atoms with Crippen molar-refractivity contribution in [1.82, 2.24) is 10.6 Å². The molecule has 0 radical (unpaired) electrons. The number of unbranched alkanes of at least 4 members (excludes halogenated alkanes) is 2. The second-order valence-electron chi connectivity index (χ2n) is 10.8. The fraction of sp³-hybridized carbons (Fsp3) is 0.548. The van der Waals surface area contributed by atoms with Crippen molar-refractivity contribution in [3.63, 3.8) is 0 Å². The highest BCUT2D eigenvalue weighted by molar-refractivity contribution is 5.87. The number of nitrogens with zero attached hydrogens (tertiary/aromatic N) is 1. The van der Waals surface area contributed by atoms with Crippen LogP contribution in [0.3, 0.4) is 0 Å². The van der Waals surface area contributed by atoms with E-state index in [9.17, 15) is 19.7 Å². The van der Waals surface area contributed by atoms with Crippen molar-refractivity contribution in [3.05, 3.63) is 81.9 Å². The van der Waals surface area contributed by atoms with Gasteiger partial charge in [0, 0.05) is 17.9 Å². The predicted molar refractivity (Wildman–Crippen MR) is 153 cm³/mol. The number of benzene rings is 2. The van der Waals surface area contributed by atoms with Gasteiger partial charge in [0.25, 0.3) is 0 Å². The number of rotatable bonds is 15. The minimum absolute atomic E-state index is 0.0297. The van der Waals surface area contributed by atoms with Gasteiger partial charge in [-0.3, -0.25) is 25.0 Å². The Hall–Kier alpha value is -3.30. The summed E-state index contributed by atoms with van der Waals surface area (Å²) in [5.74, 6) is -1.30. The highest BCUT2D eigenvalue weighted by Gasteiger charge is 2.64. The summed E-state index contributed by atoms with van der Waals surface area (Å²) in [5, 5.41) is 19.2. The van der Waals surface area contributed by atoms with E-state index in [1.54, 1.807) is 6.92 Å². The van der Waals surface area contributed by atoms with E-state index in [0.717, 1.165) is 24.0 Å². The molecule has 3 rings (SSSR count). The van der Waals surface area contributed by atoms with Crippen LogP contribution < -0.4 is 10.6 Å². The van der Waals surface area contributed by atoms with E-state index in [4.69, 9.17) is 4.74 Å². The standard InChI is InChI=1S/C31H43N3O6/c1-5-22(2)29(40-21-23-15-9-6-10-16-23)26-28(34(37)38)27(24-17-11-7-12-18-24)33-31(26,3)30(36)32-20-14-8-13-19-25(35)39-4/h6-7,9-12,15-18,22,26-29,33H,5,8,13-14,19-21H2,1-4H3,(H,32,36)/t22-,26+,27-,28-,29?,31+/m0/s1. The zero-order valence-corrected chi connectivity index (χ0v) is 24.0. The molecule has 0 aliphatic carbocycles. The van der Waals surface area contributed by atoms with Crippen molar-refractivity contribution < 1.29 is 24.0 Å². The van der Waals surface area contributed by atoms with Crippen molar-refractivity contribution in [2.75, 3.05) is 13.7 Å². The van der Waals surface area contributed by atoms with Gasteiger partial charge in [-0.25, -0.2) is 0 Å². The van der Waals surface area contributed by atoms with Crippen LogP contribution in [-0.4, -0.2) is 48.1 Å². The Kier molecular flexibility index (Phi) is 11.6. The van der Waals surface area contributed by atoms with Crippen molar-refractivity contribution >= 4 is 11.9 Å². The quantitative estimate of drug-likeness (QED) is 0.140. The SMILES string of the molecule is CC[C@H](C)C(OCc1ccccc1)[C@H]1[C@H]([N+](=O)[O-])[C@H](c2ccccc2)N[C@@]1(C)C(=O)NCCCCCC(=O)OC. The lowest BCUT2D eigenvalue weighted by Crippen LogP contribution is -2.60. The monoisotopic (exact) mass is 553 g/mol. The molecular formula is C31H43N3O6. The lowest BCUT2D eigenvalue weighted by atomic mass is 9.74. The Morgan fingerprint density at radius 3 is 2.33 bits per heavy atom. The first-order valence-corrected chi connectivity index (χ1v) is 14.2. The zero-order valence-electron chi connectivity index (χ0n) is 24.0. The van der Waals surface area contributed by atoms with E-state index in [1.165, 1.54) is 7.11 Å². The summed E-state index contributed by atoms with van der Waals surface area (Å²) >= 11 is 0. The molecule has 6 atom stereocenters. The third-order valence-electron chi connectivity index (χ3n) is 8.12. The molecule has 2 aromatic carbocycles. The summed E-state index contributed by atoms with van der Waals surface area (Å²) in [4.78, 5) is 37.7. The van der Waals surface area contributed by atoms with Crippen molar-refractivity contribution in [3.8, 4) is 0 Å². The maximum absolute atomic E-state index is 13.9. The molecule has 1 heterocycles.